The second-order valence-corrected chi connectivity index (χ2v) is 14.9. The second-order valence-electron chi connectivity index (χ2n) is 14.9. The van der Waals surface area contributed by atoms with Crippen LogP contribution in [0.1, 0.15) is 226 Å². The van der Waals surface area contributed by atoms with Crippen LogP contribution < -0.4 is 0 Å². The smallest absolute Gasteiger partial charge is 0.306 e. The van der Waals surface area contributed by atoms with Crippen molar-refractivity contribution in [2.75, 3.05) is 13.2 Å². The molecule has 0 bridgehead atoms. The van der Waals surface area contributed by atoms with Gasteiger partial charge in [0, 0.05) is 19.3 Å². The summed E-state index contributed by atoms with van der Waals surface area (Å²) in [5, 5.41) is 0. The Morgan fingerprint density at radius 1 is 0.396 bits per heavy atom. The van der Waals surface area contributed by atoms with Gasteiger partial charge in [-0.2, -0.15) is 0 Å². The summed E-state index contributed by atoms with van der Waals surface area (Å²) in [5.74, 6) is -0.903. The minimum absolute atomic E-state index is 0.0782. The molecule has 0 aromatic heterocycles. The van der Waals surface area contributed by atoms with Crippen LogP contribution in [0.25, 0.3) is 0 Å². The topological polar surface area (TPSA) is 78.9 Å². The van der Waals surface area contributed by atoms with E-state index < -0.39 is 6.10 Å². The molecule has 53 heavy (non-hydrogen) atoms. The average molecular weight is 745 g/mol. The molecule has 0 aliphatic carbocycles. The predicted molar refractivity (Wildman–Crippen MR) is 224 cm³/mol. The Bertz CT molecular complexity index is 907. The molecule has 0 aromatic rings. The molecular weight excluding hydrogens is 661 g/mol. The van der Waals surface area contributed by atoms with Gasteiger partial charge in [-0.25, -0.2) is 0 Å². The summed E-state index contributed by atoms with van der Waals surface area (Å²) in [4.78, 5) is 37.7. The van der Waals surface area contributed by atoms with Crippen molar-refractivity contribution in [2.45, 2.75) is 232 Å². The van der Waals surface area contributed by atoms with Gasteiger partial charge in [-0.3, -0.25) is 14.4 Å². The second kappa shape index (κ2) is 42.4. The fraction of sp³-hybridized carbons (Fsp3) is 0.809. The zero-order valence-electron chi connectivity index (χ0n) is 35.0. The van der Waals surface area contributed by atoms with E-state index in [4.69, 9.17) is 14.2 Å². The minimum atomic E-state index is -0.776. The Morgan fingerprint density at radius 2 is 0.736 bits per heavy atom. The number of hydrogen-bond acceptors (Lipinski definition) is 6. The molecule has 0 fully saturated rings. The Kier molecular flexibility index (Phi) is 40.5. The maximum Gasteiger partial charge on any atom is 0.306 e. The lowest BCUT2D eigenvalue weighted by Crippen LogP contribution is -2.30. The molecule has 308 valence electrons. The van der Waals surface area contributed by atoms with Gasteiger partial charge in [0.25, 0.3) is 0 Å². The largest absolute Gasteiger partial charge is 0.462 e. The molecule has 0 aliphatic heterocycles. The summed E-state index contributed by atoms with van der Waals surface area (Å²) in [5.41, 5.74) is 0. The SMILES string of the molecule is CC/C=C\C/C=C\CCCCCCCC(=O)OCC(COC(=O)CCCCCCCCCCCCC)OC(=O)CCCCCCC/C=C\CCCCC. The average Bonchev–Trinajstić information content (AvgIpc) is 3.15. The molecular formula is C47H84O6. The fourth-order valence-corrected chi connectivity index (χ4v) is 6.24. The lowest BCUT2D eigenvalue weighted by atomic mass is 10.1. The normalized spacial score (nSPS) is 12.3. The first-order valence-electron chi connectivity index (χ1n) is 22.5. The van der Waals surface area contributed by atoms with E-state index >= 15 is 0 Å². The number of rotatable bonds is 40. The van der Waals surface area contributed by atoms with E-state index in [9.17, 15) is 14.4 Å². The van der Waals surface area contributed by atoms with Crippen LogP contribution in [-0.4, -0.2) is 37.2 Å². The number of ether oxygens (including phenoxy) is 3. The van der Waals surface area contributed by atoms with E-state index in [0.29, 0.717) is 19.3 Å². The minimum Gasteiger partial charge on any atom is -0.462 e. The van der Waals surface area contributed by atoms with Crippen LogP contribution in [0.3, 0.4) is 0 Å². The molecule has 0 aliphatic rings. The van der Waals surface area contributed by atoms with E-state index in [1.165, 1.54) is 89.9 Å². The molecule has 0 radical (unpaired) electrons. The Labute approximate surface area is 327 Å². The van der Waals surface area contributed by atoms with Crippen LogP contribution >= 0.6 is 0 Å². The third-order valence-electron chi connectivity index (χ3n) is 9.63. The molecule has 0 heterocycles. The number of esters is 3. The molecule has 0 aromatic carbocycles. The van der Waals surface area contributed by atoms with Crippen LogP contribution in [-0.2, 0) is 28.6 Å². The maximum absolute atomic E-state index is 12.7. The molecule has 1 unspecified atom stereocenters. The highest BCUT2D eigenvalue weighted by molar-refractivity contribution is 5.71. The molecule has 0 amide bonds. The summed E-state index contributed by atoms with van der Waals surface area (Å²) < 4.78 is 16.7. The van der Waals surface area contributed by atoms with Gasteiger partial charge in [0.2, 0.25) is 0 Å². The quantitative estimate of drug-likeness (QED) is 0.0269. The highest BCUT2D eigenvalue weighted by atomic mass is 16.6. The van der Waals surface area contributed by atoms with E-state index in [0.717, 1.165) is 96.3 Å². The van der Waals surface area contributed by atoms with Crippen LogP contribution in [0.2, 0.25) is 0 Å². The Balaban J connectivity index is 4.40. The van der Waals surface area contributed by atoms with Gasteiger partial charge in [0.1, 0.15) is 13.2 Å². The fourth-order valence-electron chi connectivity index (χ4n) is 6.24. The summed E-state index contributed by atoms with van der Waals surface area (Å²) in [6.45, 7) is 6.47. The van der Waals surface area contributed by atoms with Crippen molar-refractivity contribution in [2.24, 2.45) is 0 Å². The number of carbonyl (C=O) groups excluding carboxylic acids is 3. The van der Waals surface area contributed by atoms with Crippen molar-refractivity contribution < 1.29 is 28.6 Å². The van der Waals surface area contributed by atoms with Gasteiger partial charge in [0.05, 0.1) is 0 Å². The first-order chi connectivity index (χ1) is 26.0. The highest BCUT2D eigenvalue weighted by Crippen LogP contribution is 2.14. The monoisotopic (exact) mass is 745 g/mol. The number of unbranched alkanes of at least 4 members (excludes halogenated alkanes) is 23. The summed E-state index contributed by atoms with van der Waals surface area (Å²) >= 11 is 0. The van der Waals surface area contributed by atoms with Crippen molar-refractivity contribution in [3.05, 3.63) is 36.5 Å². The predicted octanol–water partition coefficient (Wildman–Crippen LogP) is 14.2. The van der Waals surface area contributed by atoms with Crippen LogP contribution in [0.15, 0.2) is 36.5 Å². The van der Waals surface area contributed by atoms with E-state index in [-0.39, 0.29) is 31.1 Å². The van der Waals surface area contributed by atoms with Crippen molar-refractivity contribution in [1.29, 1.82) is 0 Å². The third kappa shape index (κ3) is 40.6. The van der Waals surface area contributed by atoms with Crippen molar-refractivity contribution in [1.82, 2.24) is 0 Å². The van der Waals surface area contributed by atoms with E-state index in [1.54, 1.807) is 0 Å². The molecule has 0 N–H and O–H groups in total. The zero-order valence-corrected chi connectivity index (χ0v) is 35.0. The molecule has 0 rings (SSSR count). The summed E-state index contributed by atoms with van der Waals surface area (Å²) in [7, 11) is 0. The standard InChI is InChI=1S/C47H84O6/c1-4-7-10-13-16-19-22-25-28-31-34-37-40-46(49)52-43-44(42-51-45(48)39-36-33-30-27-24-21-18-15-12-9-6-3)53-47(50)41-38-35-32-29-26-23-20-17-14-11-8-5-2/h7,10,16-17,19-20,44H,4-6,8-9,11-15,18,21-43H2,1-3H3/b10-7-,19-16-,20-17-. The van der Waals surface area contributed by atoms with Gasteiger partial charge in [-0.1, -0.05) is 173 Å². The third-order valence-corrected chi connectivity index (χ3v) is 9.63. The van der Waals surface area contributed by atoms with Crippen LogP contribution in [0.4, 0.5) is 0 Å². The zero-order chi connectivity index (χ0) is 38.7. The van der Waals surface area contributed by atoms with Gasteiger partial charge in [-0.05, 0) is 70.6 Å². The lowest BCUT2D eigenvalue weighted by molar-refractivity contribution is -0.167. The molecule has 0 saturated heterocycles. The van der Waals surface area contributed by atoms with Gasteiger partial charge in [0.15, 0.2) is 6.10 Å². The van der Waals surface area contributed by atoms with Gasteiger partial charge >= 0.3 is 17.9 Å². The molecule has 1 atom stereocenters. The van der Waals surface area contributed by atoms with E-state index in [2.05, 4.69) is 57.2 Å². The number of allylic oxidation sites excluding steroid dienone is 6. The Morgan fingerprint density at radius 3 is 1.19 bits per heavy atom. The van der Waals surface area contributed by atoms with Crippen molar-refractivity contribution >= 4 is 17.9 Å². The van der Waals surface area contributed by atoms with Crippen molar-refractivity contribution in [3.63, 3.8) is 0 Å². The van der Waals surface area contributed by atoms with Crippen molar-refractivity contribution in [3.8, 4) is 0 Å². The summed E-state index contributed by atoms with van der Waals surface area (Å²) in [6.07, 6.45) is 46.9. The molecule has 0 spiro atoms. The number of hydrogen-bond donors (Lipinski definition) is 0. The molecule has 0 saturated carbocycles. The Hall–Kier alpha value is -2.37. The lowest BCUT2D eigenvalue weighted by Gasteiger charge is -2.18. The molecule has 6 heteroatoms. The van der Waals surface area contributed by atoms with Crippen LogP contribution in [0.5, 0.6) is 0 Å². The number of carbonyl (C=O) groups is 3. The van der Waals surface area contributed by atoms with Crippen LogP contribution in [0, 0.1) is 0 Å². The first-order valence-corrected chi connectivity index (χ1v) is 22.5. The van der Waals surface area contributed by atoms with E-state index in [1.807, 2.05) is 0 Å². The maximum atomic E-state index is 12.7. The molecule has 6 nitrogen and oxygen atoms in total. The van der Waals surface area contributed by atoms with Gasteiger partial charge in [-0.15, -0.1) is 0 Å². The van der Waals surface area contributed by atoms with Gasteiger partial charge < -0.3 is 14.2 Å². The summed E-state index contributed by atoms with van der Waals surface area (Å²) in [6, 6.07) is 0. The first kappa shape index (κ1) is 50.6. The highest BCUT2D eigenvalue weighted by Gasteiger charge is 2.19.